The van der Waals surface area contributed by atoms with E-state index in [0.29, 0.717) is 24.8 Å². The van der Waals surface area contributed by atoms with Gasteiger partial charge in [0.15, 0.2) is 12.6 Å². The van der Waals surface area contributed by atoms with Crippen molar-refractivity contribution in [3.8, 4) is 0 Å². The van der Waals surface area contributed by atoms with Gasteiger partial charge in [0.25, 0.3) is 0 Å². The molecule has 15 atom stereocenters. The Morgan fingerprint density at radius 2 is 1.46 bits per heavy atom. The van der Waals surface area contributed by atoms with Crippen molar-refractivity contribution in [1.29, 1.82) is 0 Å². The third-order valence-electron chi connectivity index (χ3n) is 11.6. The summed E-state index contributed by atoms with van der Waals surface area (Å²) < 4.78 is 39.0. The van der Waals surface area contributed by atoms with Crippen LogP contribution in [0.15, 0.2) is 0 Å². The molecule has 0 aromatic heterocycles. The number of carbonyl (C=O) groups excluding carboxylic acids is 1. The number of methoxy groups -OCH3 is 1. The van der Waals surface area contributed by atoms with Gasteiger partial charge in [0.1, 0.15) is 11.7 Å². The maximum absolute atomic E-state index is 14.0. The van der Waals surface area contributed by atoms with Crippen LogP contribution in [0.5, 0.6) is 0 Å². The Morgan fingerprint density at radius 3 is 2.02 bits per heavy atom. The molecule has 8 unspecified atom stereocenters. The normalized spacial score (nSPS) is 47.3. The lowest BCUT2D eigenvalue weighted by Crippen LogP contribution is -2.53. The molecule has 3 aliphatic heterocycles. The van der Waals surface area contributed by atoms with Crippen LogP contribution in [0.3, 0.4) is 0 Å². The highest BCUT2D eigenvalue weighted by molar-refractivity contribution is 5.73. The van der Waals surface area contributed by atoms with Crippen LogP contribution in [0.4, 0.5) is 0 Å². The summed E-state index contributed by atoms with van der Waals surface area (Å²) in [7, 11) is 5.96. The molecule has 1 N–H and O–H groups in total. The van der Waals surface area contributed by atoms with Gasteiger partial charge < -0.3 is 38.4 Å². The largest absolute Gasteiger partial charge is 0.459 e. The quantitative estimate of drug-likeness (QED) is 0.305. The molecule has 9 heteroatoms. The molecule has 0 radical (unpaired) electrons. The van der Waals surface area contributed by atoms with Crippen molar-refractivity contribution in [3.63, 3.8) is 0 Å². The van der Waals surface area contributed by atoms with E-state index in [1.54, 1.807) is 7.11 Å². The Balaban J connectivity index is 2.06. The maximum Gasteiger partial charge on any atom is 0.311 e. The van der Waals surface area contributed by atoms with Crippen molar-refractivity contribution in [3.05, 3.63) is 0 Å². The first kappa shape index (κ1) is 39.6. The first-order valence-electron chi connectivity index (χ1n) is 18.2. The number of rotatable bonds is 7. The van der Waals surface area contributed by atoms with Crippen LogP contribution >= 0.6 is 0 Å². The van der Waals surface area contributed by atoms with Gasteiger partial charge in [-0.1, -0.05) is 34.6 Å². The highest BCUT2D eigenvalue weighted by Crippen LogP contribution is 2.40. The minimum atomic E-state index is -1.19. The molecule has 0 aliphatic carbocycles. The van der Waals surface area contributed by atoms with Gasteiger partial charge in [0, 0.05) is 32.4 Å². The van der Waals surface area contributed by atoms with Crippen molar-refractivity contribution < 1.29 is 38.3 Å². The summed E-state index contributed by atoms with van der Waals surface area (Å²) in [6, 6.07) is 0.334. The number of esters is 1. The van der Waals surface area contributed by atoms with Crippen LogP contribution in [0.25, 0.3) is 0 Å². The van der Waals surface area contributed by atoms with Crippen LogP contribution in [0, 0.1) is 29.6 Å². The third kappa shape index (κ3) is 10.1. The van der Waals surface area contributed by atoms with E-state index in [-0.39, 0.29) is 35.9 Å². The van der Waals surface area contributed by atoms with Gasteiger partial charge >= 0.3 is 5.97 Å². The molecule has 270 valence electrons. The third-order valence-corrected chi connectivity index (χ3v) is 11.6. The Morgan fingerprint density at radius 1 is 0.848 bits per heavy atom. The van der Waals surface area contributed by atoms with Gasteiger partial charge in [-0.05, 0) is 104 Å². The molecule has 0 amide bonds. The number of hydrogen-bond donors (Lipinski definition) is 1. The van der Waals surface area contributed by atoms with Crippen molar-refractivity contribution in [2.75, 3.05) is 21.2 Å². The van der Waals surface area contributed by atoms with E-state index in [9.17, 15) is 9.90 Å². The zero-order valence-corrected chi connectivity index (χ0v) is 31.4. The summed E-state index contributed by atoms with van der Waals surface area (Å²) in [5, 5.41) is 11.8. The molecule has 3 fully saturated rings. The second-order valence-electron chi connectivity index (χ2n) is 16.1. The van der Waals surface area contributed by atoms with E-state index in [1.807, 2.05) is 20.8 Å². The lowest BCUT2D eigenvalue weighted by Gasteiger charge is -2.46. The second kappa shape index (κ2) is 16.7. The van der Waals surface area contributed by atoms with Gasteiger partial charge in [-0.2, -0.15) is 0 Å². The van der Waals surface area contributed by atoms with E-state index in [0.717, 1.165) is 38.5 Å². The predicted molar refractivity (Wildman–Crippen MR) is 180 cm³/mol. The predicted octanol–water partition coefficient (Wildman–Crippen LogP) is 6.58. The summed E-state index contributed by atoms with van der Waals surface area (Å²) in [6.45, 7) is 20.7. The number of hydrogen-bond acceptors (Lipinski definition) is 9. The number of aliphatic hydroxyl groups is 1. The van der Waals surface area contributed by atoms with Crippen molar-refractivity contribution >= 4 is 5.97 Å². The summed E-state index contributed by atoms with van der Waals surface area (Å²) in [4.78, 5) is 16.2. The van der Waals surface area contributed by atoms with Gasteiger partial charge in [0.2, 0.25) is 0 Å². The fourth-order valence-corrected chi connectivity index (χ4v) is 8.29. The summed E-state index contributed by atoms with van der Waals surface area (Å²) >= 11 is 0. The Labute approximate surface area is 280 Å². The van der Waals surface area contributed by atoms with Crippen LogP contribution in [0.1, 0.15) is 121 Å². The molecule has 3 saturated heterocycles. The Hall–Kier alpha value is -0.810. The topological polar surface area (TPSA) is 95.9 Å². The molecular formula is C37H69NO8. The van der Waals surface area contributed by atoms with Gasteiger partial charge in [-0.25, -0.2) is 0 Å². The fraction of sp³-hybridized carbons (Fsp3) is 0.973. The van der Waals surface area contributed by atoms with Gasteiger partial charge in [-0.3, -0.25) is 4.79 Å². The van der Waals surface area contributed by atoms with Gasteiger partial charge in [-0.15, -0.1) is 0 Å². The Bertz CT molecular complexity index is 936. The zero-order chi connectivity index (χ0) is 34.6. The average Bonchev–Trinajstić information content (AvgIpc) is 2.96. The van der Waals surface area contributed by atoms with Crippen molar-refractivity contribution in [2.45, 2.75) is 181 Å². The standard InChI is InChI=1S/C37H69NO8/c1-14-31-37(10,40)28(8)24(4)15-23(3)21-36(9,41-13)32(45-34-19-29(38(11)12)18-26(6)43-34)20-30(27(7)35(39)46-31)44-33-17-22(2)16-25(5)42-33/h22-34,40H,14-21H2,1-13H3/t22?,23-,24?,25?,26?,27?,28?,29?,30-,31+,32+,33-,34?,36+,37-/m0/s1. The van der Waals surface area contributed by atoms with E-state index < -0.39 is 48.0 Å². The minimum Gasteiger partial charge on any atom is -0.459 e. The monoisotopic (exact) mass is 656 g/mol. The van der Waals surface area contributed by atoms with Crippen LogP contribution in [0.2, 0.25) is 0 Å². The van der Waals surface area contributed by atoms with E-state index in [2.05, 4.69) is 67.5 Å². The number of cyclic esters (lactones) is 1. The lowest BCUT2D eigenvalue weighted by molar-refractivity contribution is -0.273. The molecular weight excluding hydrogens is 586 g/mol. The van der Waals surface area contributed by atoms with E-state index in [4.69, 9.17) is 28.4 Å². The zero-order valence-electron chi connectivity index (χ0n) is 31.4. The molecule has 0 spiro atoms. The van der Waals surface area contributed by atoms with Crippen LogP contribution < -0.4 is 0 Å². The maximum atomic E-state index is 14.0. The second-order valence-corrected chi connectivity index (χ2v) is 16.1. The van der Waals surface area contributed by atoms with Gasteiger partial charge in [0.05, 0.1) is 35.9 Å². The highest BCUT2D eigenvalue weighted by atomic mass is 16.7. The lowest BCUT2D eigenvalue weighted by atomic mass is 9.72. The molecule has 46 heavy (non-hydrogen) atoms. The molecule has 0 aromatic rings. The summed E-state index contributed by atoms with van der Waals surface area (Å²) in [5.41, 5.74) is -1.88. The summed E-state index contributed by atoms with van der Waals surface area (Å²) in [5.74, 6) is -0.219. The summed E-state index contributed by atoms with van der Waals surface area (Å²) in [6.07, 6.45) is 3.57. The van der Waals surface area contributed by atoms with Crippen LogP contribution in [-0.4, -0.2) is 97.5 Å². The SMILES string of the molecule is CC[C@H]1OC(=O)C(C)[C@@H](O[C@H]2CC(C)CC(C)O2)C[C@@H](OC2CC(N(C)C)CC(C)O2)[C@](C)(OC)C[C@@H](C)CC(C)C(C)[C@]1(C)O. The average molecular weight is 656 g/mol. The molecule has 0 bridgehead atoms. The van der Waals surface area contributed by atoms with Crippen LogP contribution in [-0.2, 0) is 33.2 Å². The molecule has 0 aromatic carbocycles. The molecule has 3 aliphatic rings. The number of nitrogens with zero attached hydrogens (tertiary/aromatic N) is 1. The molecule has 9 nitrogen and oxygen atoms in total. The highest BCUT2D eigenvalue weighted by Gasteiger charge is 2.47. The molecule has 3 rings (SSSR count). The Kier molecular flexibility index (Phi) is 14.4. The smallest absolute Gasteiger partial charge is 0.311 e. The molecule has 3 heterocycles. The molecule has 0 saturated carbocycles. The number of carbonyl (C=O) groups is 1. The van der Waals surface area contributed by atoms with Crippen molar-refractivity contribution in [2.24, 2.45) is 29.6 Å². The van der Waals surface area contributed by atoms with E-state index >= 15 is 0 Å². The van der Waals surface area contributed by atoms with Crippen molar-refractivity contribution in [1.82, 2.24) is 4.90 Å². The fourth-order valence-electron chi connectivity index (χ4n) is 8.29. The van der Waals surface area contributed by atoms with E-state index in [1.165, 1.54) is 0 Å². The minimum absolute atomic E-state index is 0.0538. The first-order chi connectivity index (χ1) is 21.4. The first-order valence-corrected chi connectivity index (χ1v) is 18.2. The number of ether oxygens (including phenoxy) is 6.